The minimum atomic E-state index is -0.172. The Morgan fingerprint density at radius 1 is 1.16 bits per heavy atom. The van der Waals surface area contributed by atoms with Crippen LogP contribution in [0.1, 0.15) is 34.3 Å². The molecule has 1 fully saturated rings. The molecule has 0 spiro atoms. The zero-order valence-electron chi connectivity index (χ0n) is 21.9. The van der Waals surface area contributed by atoms with Crippen LogP contribution in [0.2, 0.25) is 0 Å². The molecule has 9 heteroatoms. The second kappa shape index (κ2) is 10.5. The molecule has 0 saturated carbocycles. The fourth-order valence-corrected chi connectivity index (χ4v) is 4.68. The van der Waals surface area contributed by atoms with Gasteiger partial charge in [-0.1, -0.05) is 6.07 Å². The number of carbonyl (C=O) groups excluding carboxylic acids is 1. The summed E-state index contributed by atoms with van der Waals surface area (Å²) < 4.78 is 17.3. The molecule has 38 heavy (non-hydrogen) atoms. The number of rotatable bonds is 6. The topological polar surface area (TPSA) is 114 Å². The first-order valence-electron chi connectivity index (χ1n) is 12.4. The van der Waals surface area contributed by atoms with E-state index in [1.54, 1.807) is 26.4 Å². The number of aromatic nitrogens is 2. The lowest BCUT2D eigenvalue weighted by atomic mass is 9.98. The summed E-state index contributed by atoms with van der Waals surface area (Å²) in [6, 6.07) is 11.9. The number of furan rings is 1. The third-order valence-corrected chi connectivity index (χ3v) is 6.70. The Bertz CT molecular complexity index is 1550. The van der Waals surface area contributed by atoms with Crippen LogP contribution in [0.3, 0.4) is 0 Å². The van der Waals surface area contributed by atoms with Crippen LogP contribution in [0, 0.1) is 18.3 Å². The highest BCUT2D eigenvalue weighted by Crippen LogP contribution is 2.38. The van der Waals surface area contributed by atoms with E-state index >= 15 is 0 Å². The minimum Gasteiger partial charge on any atom is -0.494 e. The van der Waals surface area contributed by atoms with Crippen LogP contribution in [0.5, 0.6) is 5.75 Å². The van der Waals surface area contributed by atoms with Crippen molar-refractivity contribution in [2.75, 3.05) is 39.7 Å². The SMILES string of the molecule is COc1cc(C(=O)N(C)C)cnc1-c1cc2ncc(C)c(-c3ccc(NC4CCOCC4)c(C#N)c3)c2o1. The highest BCUT2D eigenvalue weighted by molar-refractivity contribution is 5.96. The highest BCUT2D eigenvalue weighted by Gasteiger charge is 2.21. The molecule has 0 atom stereocenters. The minimum absolute atomic E-state index is 0.172. The van der Waals surface area contributed by atoms with E-state index in [9.17, 15) is 10.1 Å². The summed E-state index contributed by atoms with van der Waals surface area (Å²) in [4.78, 5) is 22.9. The number of pyridine rings is 2. The standard InChI is InChI=1S/C29H29N5O4/c1-17-15-31-23-13-25(27-24(36-4)12-20(16-32-27)29(35)34(2)3)38-28(23)26(17)18-5-6-22(19(11-18)14-30)33-21-7-9-37-10-8-21/h5-6,11-13,15-16,21,33H,7-10H2,1-4H3. The zero-order valence-corrected chi connectivity index (χ0v) is 21.9. The Balaban J connectivity index is 1.55. The van der Waals surface area contributed by atoms with Crippen LogP contribution >= 0.6 is 0 Å². The van der Waals surface area contributed by atoms with Gasteiger partial charge in [-0.2, -0.15) is 5.26 Å². The first-order valence-corrected chi connectivity index (χ1v) is 12.4. The Morgan fingerprint density at radius 2 is 1.95 bits per heavy atom. The molecule has 0 aliphatic carbocycles. The Hall–Kier alpha value is -4.42. The monoisotopic (exact) mass is 511 g/mol. The smallest absolute Gasteiger partial charge is 0.255 e. The van der Waals surface area contributed by atoms with Crippen LogP contribution in [-0.2, 0) is 4.74 Å². The molecule has 4 heterocycles. The second-order valence-electron chi connectivity index (χ2n) is 9.52. The van der Waals surface area contributed by atoms with Crippen molar-refractivity contribution < 1.29 is 18.7 Å². The van der Waals surface area contributed by atoms with E-state index in [1.807, 2.05) is 31.2 Å². The van der Waals surface area contributed by atoms with Crippen molar-refractivity contribution in [1.82, 2.24) is 14.9 Å². The number of methoxy groups -OCH3 is 1. The fourth-order valence-electron chi connectivity index (χ4n) is 4.68. The number of aryl methyl sites for hydroxylation is 1. The van der Waals surface area contributed by atoms with Crippen molar-refractivity contribution >= 4 is 22.7 Å². The highest BCUT2D eigenvalue weighted by atomic mass is 16.5. The van der Waals surface area contributed by atoms with Crippen LogP contribution in [0.15, 0.2) is 47.1 Å². The van der Waals surface area contributed by atoms with Crippen molar-refractivity contribution in [3.63, 3.8) is 0 Å². The van der Waals surface area contributed by atoms with Crippen LogP contribution in [-0.4, -0.2) is 61.2 Å². The van der Waals surface area contributed by atoms with Gasteiger partial charge in [0.05, 0.1) is 23.9 Å². The quantitative estimate of drug-likeness (QED) is 0.383. The summed E-state index contributed by atoms with van der Waals surface area (Å²) in [7, 11) is 4.89. The van der Waals surface area contributed by atoms with Gasteiger partial charge in [-0.15, -0.1) is 0 Å². The molecular formula is C29H29N5O4. The van der Waals surface area contributed by atoms with E-state index in [1.165, 1.54) is 18.2 Å². The van der Waals surface area contributed by atoms with Gasteiger partial charge in [-0.25, -0.2) is 4.98 Å². The van der Waals surface area contributed by atoms with Crippen LogP contribution < -0.4 is 10.1 Å². The van der Waals surface area contributed by atoms with Gasteiger partial charge >= 0.3 is 0 Å². The largest absolute Gasteiger partial charge is 0.494 e. The van der Waals surface area contributed by atoms with Crippen LogP contribution in [0.4, 0.5) is 5.69 Å². The molecule has 194 valence electrons. The van der Waals surface area contributed by atoms with E-state index < -0.39 is 0 Å². The predicted molar refractivity (Wildman–Crippen MR) is 144 cm³/mol. The Morgan fingerprint density at radius 3 is 2.66 bits per heavy atom. The molecule has 9 nitrogen and oxygen atoms in total. The summed E-state index contributed by atoms with van der Waals surface area (Å²) in [5, 5.41) is 13.4. The van der Waals surface area contributed by atoms with Gasteiger partial charge in [0, 0.05) is 57.4 Å². The van der Waals surface area contributed by atoms with E-state index in [2.05, 4.69) is 21.4 Å². The summed E-state index contributed by atoms with van der Waals surface area (Å²) in [6.45, 7) is 3.41. The van der Waals surface area contributed by atoms with Gasteiger partial charge in [0.1, 0.15) is 23.0 Å². The number of nitriles is 1. The number of fused-ring (bicyclic) bond motifs is 1. The third-order valence-electron chi connectivity index (χ3n) is 6.70. The molecular weight excluding hydrogens is 482 g/mol. The van der Waals surface area contributed by atoms with Crippen molar-refractivity contribution in [1.29, 1.82) is 5.26 Å². The normalized spacial score (nSPS) is 13.8. The molecule has 1 saturated heterocycles. The molecule has 0 radical (unpaired) electrons. The predicted octanol–water partition coefficient (Wildman–Crippen LogP) is 5.04. The molecule has 1 aliphatic rings. The molecule has 5 rings (SSSR count). The molecule has 4 aromatic rings. The molecule has 1 aromatic carbocycles. The van der Waals surface area contributed by atoms with Crippen molar-refractivity contribution in [2.24, 2.45) is 0 Å². The lowest BCUT2D eigenvalue weighted by Gasteiger charge is -2.24. The van der Waals surface area contributed by atoms with E-state index in [4.69, 9.17) is 13.9 Å². The number of carbonyl (C=O) groups is 1. The van der Waals surface area contributed by atoms with Gasteiger partial charge < -0.3 is 24.1 Å². The molecule has 1 N–H and O–H groups in total. The van der Waals surface area contributed by atoms with Gasteiger partial charge in [0.2, 0.25) is 0 Å². The molecule has 0 bridgehead atoms. The third kappa shape index (κ3) is 4.78. The van der Waals surface area contributed by atoms with E-state index in [-0.39, 0.29) is 11.9 Å². The maximum atomic E-state index is 12.4. The van der Waals surface area contributed by atoms with Crippen molar-refractivity contribution in [2.45, 2.75) is 25.8 Å². The van der Waals surface area contributed by atoms with Gasteiger partial charge in [-0.3, -0.25) is 9.78 Å². The lowest BCUT2D eigenvalue weighted by Crippen LogP contribution is -2.28. The summed E-state index contributed by atoms with van der Waals surface area (Å²) >= 11 is 0. The Kier molecular flexibility index (Phi) is 6.99. The first kappa shape index (κ1) is 25.2. The molecule has 0 unspecified atom stereocenters. The number of nitrogens with one attached hydrogen (secondary N) is 1. The number of nitrogens with zero attached hydrogens (tertiary/aromatic N) is 4. The number of amides is 1. The average molecular weight is 512 g/mol. The number of hydrogen-bond donors (Lipinski definition) is 1. The lowest BCUT2D eigenvalue weighted by molar-refractivity contribution is 0.0826. The van der Waals surface area contributed by atoms with Crippen LogP contribution in [0.25, 0.3) is 33.7 Å². The fraction of sp³-hybridized carbons (Fsp3) is 0.310. The number of ether oxygens (including phenoxy) is 2. The first-order chi connectivity index (χ1) is 18.4. The van der Waals surface area contributed by atoms with Crippen molar-refractivity contribution in [3.05, 3.63) is 59.4 Å². The van der Waals surface area contributed by atoms with E-state index in [0.29, 0.717) is 39.4 Å². The maximum absolute atomic E-state index is 12.4. The van der Waals surface area contributed by atoms with E-state index in [0.717, 1.165) is 48.4 Å². The maximum Gasteiger partial charge on any atom is 0.255 e. The van der Waals surface area contributed by atoms with Gasteiger partial charge in [0.15, 0.2) is 11.3 Å². The molecule has 1 amide bonds. The number of hydrogen-bond acceptors (Lipinski definition) is 8. The van der Waals surface area contributed by atoms with Gasteiger partial charge in [-0.05, 0) is 49.1 Å². The van der Waals surface area contributed by atoms with Crippen molar-refractivity contribution in [3.8, 4) is 34.4 Å². The second-order valence-corrected chi connectivity index (χ2v) is 9.52. The summed E-state index contributed by atoms with van der Waals surface area (Å²) in [5.74, 6) is 0.721. The molecule has 3 aromatic heterocycles. The summed E-state index contributed by atoms with van der Waals surface area (Å²) in [5.41, 5.74) is 6.14. The number of benzene rings is 1. The molecule has 1 aliphatic heterocycles. The van der Waals surface area contributed by atoms with Gasteiger partial charge in [0.25, 0.3) is 5.91 Å². The zero-order chi connectivity index (χ0) is 26.8. The average Bonchev–Trinajstić information content (AvgIpc) is 3.37. The summed E-state index contributed by atoms with van der Waals surface area (Å²) in [6.07, 6.45) is 5.12. The number of anilines is 1. The Labute approximate surface area is 221 Å².